The molecular weight excluding hydrogens is 485 g/mol. The van der Waals surface area contributed by atoms with E-state index in [1.165, 1.54) is 0 Å². The number of unbranched alkanes of at least 4 members (excludes halogenated alkanes) is 1. The first-order chi connectivity index (χ1) is 18.0. The van der Waals surface area contributed by atoms with Gasteiger partial charge in [0.1, 0.15) is 22.7 Å². The molecule has 7 heteroatoms. The fourth-order valence-corrected chi connectivity index (χ4v) is 7.25. The van der Waals surface area contributed by atoms with Crippen LogP contribution in [-0.2, 0) is 15.8 Å². The van der Waals surface area contributed by atoms with Gasteiger partial charge >= 0.3 is 5.97 Å². The Morgan fingerprint density at radius 1 is 1.00 bits per heavy atom. The number of hydrogen-bond donors (Lipinski definition) is 0. The van der Waals surface area contributed by atoms with Gasteiger partial charge in [-0.15, -0.1) is 0 Å². The van der Waals surface area contributed by atoms with Crippen LogP contribution < -0.4 is 30.3 Å². The largest absolute Gasteiger partial charge is 0.497 e. The highest BCUT2D eigenvalue weighted by Crippen LogP contribution is 2.48. The molecule has 1 atom stereocenters. The number of carbonyl (C=O) groups is 1. The topological polar surface area (TPSA) is 74.7 Å². The molecule has 4 aromatic rings. The monoisotopic (exact) mass is 515 g/mol. The second-order valence-electron chi connectivity index (χ2n) is 8.49. The minimum absolute atomic E-state index is 0.228. The van der Waals surface area contributed by atoms with Crippen LogP contribution >= 0.6 is 7.14 Å². The molecule has 0 bridgehead atoms. The van der Waals surface area contributed by atoms with Gasteiger partial charge in [-0.05, 0) is 60.7 Å². The molecular formula is C30H30NO5P. The van der Waals surface area contributed by atoms with Gasteiger partial charge in [0.05, 0.1) is 19.5 Å². The summed E-state index contributed by atoms with van der Waals surface area (Å²) in [6, 6.07) is 20.2. The third-order valence-electron chi connectivity index (χ3n) is 6.29. The molecule has 1 aromatic heterocycles. The zero-order chi connectivity index (χ0) is 26.4. The number of nitrogens with zero attached hydrogens (tertiary/aromatic N) is 1. The Kier molecular flexibility index (Phi) is 8.10. The van der Waals surface area contributed by atoms with Gasteiger partial charge in [-0.2, -0.15) is 0 Å². The van der Waals surface area contributed by atoms with Crippen molar-refractivity contribution in [2.24, 2.45) is 0 Å². The maximum atomic E-state index is 15.6. The molecule has 0 N–H and O–H groups in total. The van der Waals surface area contributed by atoms with E-state index in [2.05, 4.69) is 18.5 Å². The van der Waals surface area contributed by atoms with Gasteiger partial charge < -0.3 is 18.8 Å². The summed E-state index contributed by atoms with van der Waals surface area (Å²) in [6.45, 7) is 5.64. The lowest BCUT2D eigenvalue weighted by atomic mass is 10.1. The number of fused-ring (bicyclic) bond motifs is 1. The molecule has 4 rings (SSSR count). The molecule has 0 saturated heterocycles. The fourth-order valence-electron chi connectivity index (χ4n) is 4.41. The maximum Gasteiger partial charge on any atom is 0.335 e. The third-order valence-corrected chi connectivity index (χ3v) is 9.30. The highest BCUT2D eigenvalue weighted by Gasteiger charge is 2.38. The first kappa shape index (κ1) is 26.2. The van der Waals surface area contributed by atoms with Gasteiger partial charge in [0.2, 0.25) is 0 Å². The molecule has 6 nitrogen and oxygen atoms in total. The van der Waals surface area contributed by atoms with E-state index < -0.39 is 13.1 Å². The summed E-state index contributed by atoms with van der Waals surface area (Å²) in [6.07, 6.45) is 5.09. The van der Waals surface area contributed by atoms with Crippen LogP contribution in [0, 0.1) is 0 Å². The molecule has 0 aliphatic rings. The lowest BCUT2D eigenvalue weighted by molar-refractivity contribution is -0.128. The van der Waals surface area contributed by atoms with Crippen LogP contribution in [0.4, 0.5) is 0 Å². The first-order valence-corrected chi connectivity index (χ1v) is 13.8. The minimum atomic E-state index is -3.68. The first-order valence-electron chi connectivity index (χ1n) is 12.1. The van der Waals surface area contributed by atoms with Crippen molar-refractivity contribution in [2.75, 3.05) is 14.2 Å². The van der Waals surface area contributed by atoms with E-state index in [-0.39, 0.29) is 5.75 Å². The van der Waals surface area contributed by atoms with Crippen LogP contribution in [-0.4, -0.2) is 25.2 Å². The second-order valence-corrected chi connectivity index (χ2v) is 11.1. The van der Waals surface area contributed by atoms with Crippen LogP contribution in [0.2, 0.25) is 0 Å². The van der Waals surface area contributed by atoms with Crippen molar-refractivity contribution in [3.8, 4) is 17.2 Å². The lowest BCUT2D eigenvalue weighted by Gasteiger charge is -2.25. The van der Waals surface area contributed by atoms with E-state index >= 15 is 4.57 Å². The number of benzene rings is 3. The van der Waals surface area contributed by atoms with Crippen molar-refractivity contribution in [3.63, 3.8) is 0 Å². The van der Waals surface area contributed by atoms with Crippen LogP contribution in [0.5, 0.6) is 17.2 Å². The molecule has 3 aromatic carbocycles. The number of esters is 1. The highest BCUT2D eigenvalue weighted by molar-refractivity contribution is 7.85. The Bertz CT molecular complexity index is 1470. The number of pyridine rings is 1. The lowest BCUT2D eigenvalue weighted by Crippen LogP contribution is -2.30. The van der Waals surface area contributed by atoms with Crippen molar-refractivity contribution >= 4 is 39.9 Å². The van der Waals surface area contributed by atoms with Crippen molar-refractivity contribution in [1.82, 2.24) is 4.98 Å². The Balaban J connectivity index is 2.12. The van der Waals surface area contributed by atoms with E-state index in [0.29, 0.717) is 39.5 Å². The summed E-state index contributed by atoms with van der Waals surface area (Å²) in [5.41, 5.74) is 1.10. The molecule has 190 valence electrons. The molecule has 37 heavy (non-hydrogen) atoms. The Morgan fingerprint density at radius 2 is 1.76 bits per heavy atom. The van der Waals surface area contributed by atoms with Crippen LogP contribution in [0.3, 0.4) is 0 Å². The molecule has 0 fully saturated rings. The summed E-state index contributed by atoms with van der Waals surface area (Å²) in [7, 11) is -0.531. The molecule has 1 unspecified atom stereocenters. The SMILES string of the molecule is C=CC(=O)Oc1c(P(=O)(c2ccc(OC)cc2)c2nccc3ccccc23)ccc(OC)c1CCCC. The average Bonchev–Trinajstić information content (AvgIpc) is 2.95. The maximum absolute atomic E-state index is 15.6. The quantitative estimate of drug-likeness (QED) is 0.123. The van der Waals surface area contributed by atoms with Gasteiger partial charge in [0.25, 0.3) is 0 Å². The molecule has 1 heterocycles. The van der Waals surface area contributed by atoms with Crippen molar-refractivity contribution < 1.29 is 23.6 Å². The summed E-state index contributed by atoms with van der Waals surface area (Å²) in [5.74, 6) is 0.792. The van der Waals surface area contributed by atoms with Gasteiger partial charge in [-0.1, -0.05) is 44.2 Å². The minimum Gasteiger partial charge on any atom is -0.497 e. The van der Waals surface area contributed by atoms with Gasteiger partial charge in [0, 0.05) is 28.5 Å². The second kappa shape index (κ2) is 11.4. The van der Waals surface area contributed by atoms with E-state index in [0.717, 1.165) is 29.7 Å². The molecule has 0 radical (unpaired) electrons. The summed E-state index contributed by atoms with van der Waals surface area (Å²) in [5, 5.41) is 2.59. The zero-order valence-electron chi connectivity index (χ0n) is 21.3. The predicted molar refractivity (Wildman–Crippen MR) is 149 cm³/mol. The van der Waals surface area contributed by atoms with E-state index in [4.69, 9.17) is 14.2 Å². The van der Waals surface area contributed by atoms with Crippen molar-refractivity contribution in [3.05, 3.63) is 91.1 Å². The normalized spacial score (nSPS) is 12.5. The van der Waals surface area contributed by atoms with Gasteiger partial charge in [0.15, 0.2) is 7.14 Å². The third kappa shape index (κ3) is 5.03. The van der Waals surface area contributed by atoms with E-state index in [1.807, 2.05) is 30.3 Å². The van der Waals surface area contributed by atoms with Crippen molar-refractivity contribution in [1.29, 1.82) is 0 Å². The standard InChI is InChI=1S/C30H30NO5P/c1-5-7-11-25-26(35-4)17-18-27(29(25)36-28(32)6-2)37(33,23-15-13-22(34-3)14-16-23)30-24-12-9-8-10-21(24)19-20-31-30/h6,8-10,12-20H,2,5,7,11H2,1,3-4H3. The smallest absolute Gasteiger partial charge is 0.335 e. The molecule has 0 amide bonds. The zero-order valence-corrected chi connectivity index (χ0v) is 22.2. The highest BCUT2D eigenvalue weighted by atomic mass is 31.2. The summed E-state index contributed by atoms with van der Waals surface area (Å²) in [4.78, 5) is 17.2. The summed E-state index contributed by atoms with van der Waals surface area (Å²) >= 11 is 0. The number of ether oxygens (including phenoxy) is 3. The number of carbonyl (C=O) groups excluding carboxylic acids is 1. The van der Waals surface area contributed by atoms with Crippen LogP contribution in [0.1, 0.15) is 25.3 Å². The van der Waals surface area contributed by atoms with Crippen LogP contribution in [0.25, 0.3) is 10.8 Å². The summed E-state index contributed by atoms with van der Waals surface area (Å²) < 4.78 is 32.4. The molecule has 0 spiro atoms. The van der Waals surface area contributed by atoms with Crippen LogP contribution in [0.15, 0.2) is 85.6 Å². The number of aromatic nitrogens is 1. The van der Waals surface area contributed by atoms with Gasteiger partial charge in [-0.25, -0.2) is 4.79 Å². The number of methoxy groups -OCH3 is 2. The van der Waals surface area contributed by atoms with E-state index in [9.17, 15) is 4.79 Å². The number of rotatable bonds is 10. The predicted octanol–water partition coefficient (Wildman–Crippen LogP) is 5.33. The molecule has 0 aliphatic carbocycles. The van der Waals surface area contributed by atoms with Crippen molar-refractivity contribution in [2.45, 2.75) is 26.2 Å². The molecule has 0 aliphatic heterocycles. The number of hydrogen-bond acceptors (Lipinski definition) is 6. The Hall–Kier alpha value is -3.89. The van der Waals surface area contributed by atoms with Gasteiger partial charge in [-0.3, -0.25) is 4.98 Å². The molecule has 0 saturated carbocycles. The average molecular weight is 516 g/mol. The Labute approximate surface area is 217 Å². The Morgan fingerprint density at radius 3 is 2.43 bits per heavy atom. The fraction of sp³-hybridized carbons (Fsp3) is 0.200. The van der Waals surface area contributed by atoms with E-state index in [1.54, 1.807) is 56.8 Å².